The molecule has 0 aliphatic heterocycles. The Morgan fingerprint density at radius 3 is 2.63 bits per heavy atom. The van der Waals surface area contributed by atoms with Gasteiger partial charge < -0.3 is 19.8 Å². The maximum atomic E-state index is 11.4. The molecular weight excluding hydrogens is 425 g/mol. The van der Waals surface area contributed by atoms with Gasteiger partial charge in [-0.3, -0.25) is 4.79 Å². The Kier molecular flexibility index (Phi) is 7.74. The van der Waals surface area contributed by atoms with Gasteiger partial charge in [-0.2, -0.15) is 0 Å². The van der Waals surface area contributed by atoms with Gasteiger partial charge in [0.25, 0.3) is 5.91 Å². The zero-order valence-electron chi connectivity index (χ0n) is 16.5. The number of nitrogens with two attached hydrogens (primary N) is 1. The fourth-order valence-electron chi connectivity index (χ4n) is 3.07. The van der Waals surface area contributed by atoms with Crippen LogP contribution >= 0.6 is 23.2 Å². The molecule has 0 saturated heterocycles. The number of amides is 1. The van der Waals surface area contributed by atoms with Crippen LogP contribution < -0.4 is 10.5 Å². The average molecular weight is 448 g/mol. The zero-order chi connectivity index (χ0) is 21.5. The molecule has 0 bridgehead atoms. The fourth-order valence-corrected chi connectivity index (χ4v) is 3.42. The van der Waals surface area contributed by atoms with E-state index >= 15 is 0 Å². The summed E-state index contributed by atoms with van der Waals surface area (Å²) >= 11 is 12.2. The maximum Gasteiger partial charge on any atom is 0.268 e. The summed E-state index contributed by atoms with van der Waals surface area (Å²) in [5.74, 6) is -0.0588. The van der Waals surface area contributed by atoms with Crippen LogP contribution in [0.4, 0.5) is 0 Å². The lowest BCUT2D eigenvalue weighted by Gasteiger charge is -2.26. The van der Waals surface area contributed by atoms with Crippen LogP contribution in [-0.4, -0.2) is 28.2 Å². The molecule has 0 radical (unpaired) electrons. The molecule has 0 aliphatic rings. The van der Waals surface area contributed by atoms with E-state index in [2.05, 4.69) is 4.98 Å². The van der Waals surface area contributed by atoms with E-state index in [1.807, 2.05) is 41.8 Å². The number of primary amides is 1. The summed E-state index contributed by atoms with van der Waals surface area (Å²) in [6.07, 6.45) is 3.62. The van der Waals surface area contributed by atoms with Crippen molar-refractivity contribution in [3.8, 4) is 5.75 Å². The quantitative estimate of drug-likeness (QED) is 0.478. The highest BCUT2D eigenvalue weighted by molar-refractivity contribution is 6.42. The van der Waals surface area contributed by atoms with Crippen molar-refractivity contribution >= 4 is 29.1 Å². The van der Waals surface area contributed by atoms with Gasteiger partial charge in [-0.05, 0) is 24.6 Å². The number of imidazole rings is 1. The van der Waals surface area contributed by atoms with Crippen LogP contribution in [0.2, 0.25) is 10.0 Å². The molecule has 1 heterocycles. The van der Waals surface area contributed by atoms with E-state index in [9.17, 15) is 4.79 Å². The third kappa shape index (κ3) is 5.75. The van der Waals surface area contributed by atoms with Gasteiger partial charge in [0, 0.05) is 12.6 Å². The van der Waals surface area contributed by atoms with Gasteiger partial charge in [0.1, 0.15) is 16.5 Å². The minimum Gasteiger partial charge on any atom is -0.492 e. The van der Waals surface area contributed by atoms with Crippen molar-refractivity contribution in [3.05, 3.63) is 82.4 Å². The number of carbonyl (C=O) groups is 1. The Morgan fingerprint density at radius 1 is 1.17 bits per heavy atom. The van der Waals surface area contributed by atoms with Crippen LogP contribution in [0.25, 0.3) is 0 Å². The molecule has 3 rings (SSSR count). The minimum absolute atomic E-state index is 0.132. The third-order valence-corrected chi connectivity index (χ3v) is 5.52. The number of hydrogen-bond acceptors (Lipinski definition) is 4. The summed E-state index contributed by atoms with van der Waals surface area (Å²) < 4.78 is 13.8. The van der Waals surface area contributed by atoms with E-state index in [0.29, 0.717) is 35.4 Å². The van der Waals surface area contributed by atoms with Crippen molar-refractivity contribution < 1.29 is 14.3 Å². The standard InChI is InChI=1S/C22H23Cl2N3O3/c1-15(30-13-16-6-3-2-4-7-16)19(27-12-18(22(25)28)26-14-27)10-11-29-20-9-5-8-17(23)21(20)24/h2-9,12,14-15,19H,10-11,13H2,1H3,(H2,25,28). The van der Waals surface area contributed by atoms with Crippen LogP contribution in [0.15, 0.2) is 61.1 Å². The number of ether oxygens (including phenoxy) is 2. The molecule has 0 saturated carbocycles. The largest absolute Gasteiger partial charge is 0.492 e. The summed E-state index contributed by atoms with van der Waals surface area (Å²) in [5, 5.41) is 0.814. The first kappa shape index (κ1) is 22.2. The van der Waals surface area contributed by atoms with E-state index in [-0.39, 0.29) is 17.8 Å². The van der Waals surface area contributed by atoms with E-state index in [4.69, 9.17) is 38.4 Å². The van der Waals surface area contributed by atoms with Gasteiger partial charge in [0.05, 0.1) is 36.7 Å². The summed E-state index contributed by atoms with van der Waals surface area (Å²) in [7, 11) is 0. The molecule has 0 fully saturated rings. The summed E-state index contributed by atoms with van der Waals surface area (Å²) in [6, 6.07) is 15.0. The Labute approximate surface area is 185 Å². The fraction of sp³-hybridized carbons (Fsp3) is 0.273. The summed E-state index contributed by atoms with van der Waals surface area (Å²) in [6.45, 7) is 2.81. The Balaban J connectivity index is 1.69. The van der Waals surface area contributed by atoms with E-state index in [1.165, 1.54) is 0 Å². The van der Waals surface area contributed by atoms with Crippen molar-refractivity contribution in [2.45, 2.75) is 32.1 Å². The lowest BCUT2D eigenvalue weighted by atomic mass is 10.1. The second-order valence-electron chi connectivity index (χ2n) is 6.83. The van der Waals surface area contributed by atoms with Gasteiger partial charge in [-0.1, -0.05) is 59.6 Å². The van der Waals surface area contributed by atoms with E-state index in [1.54, 1.807) is 30.7 Å². The van der Waals surface area contributed by atoms with Gasteiger partial charge in [-0.15, -0.1) is 0 Å². The molecule has 1 aromatic heterocycles. The molecular formula is C22H23Cl2N3O3. The monoisotopic (exact) mass is 447 g/mol. The van der Waals surface area contributed by atoms with Gasteiger partial charge in [0.2, 0.25) is 0 Å². The molecule has 1 amide bonds. The molecule has 0 aliphatic carbocycles. The molecule has 2 aromatic carbocycles. The SMILES string of the molecule is CC(OCc1ccccc1)C(CCOc1cccc(Cl)c1Cl)n1cnc(C(N)=O)c1. The normalized spacial score (nSPS) is 13.0. The first-order chi connectivity index (χ1) is 14.5. The van der Waals surface area contributed by atoms with Gasteiger partial charge in [-0.25, -0.2) is 4.98 Å². The highest BCUT2D eigenvalue weighted by atomic mass is 35.5. The topological polar surface area (TPSA) is 79.4 Å². The molecule has 6 nitrogen and oxygen atoms in total. The van der Waals surface area contributed by atoms with Crippen molar-refractivity contribution in [2.75, 3.05) is 6.61 Å². The van der Waals surface area contributed by atoms with Crippen molar-refractivity contribution in [2.24, 2.45) is 5.73 Å². The van der Waals surface area contributed by atoms with Crippen molar-refractivity contribution in [1.82, 2.24) is 9.55 Å². The van der Waals surface area contributed by atoms with Crippen LogP contribution in [-0.2, 0) is 11.3 Å². The minimum atomic E-state index is -0.577. The molecule has 158 valence electrons. The first-order valence-electron chi connectivity index (χ1n) is 9.51. The molecule has 30 heavy (non-hydrogen) atoms. The van der Waals surface area contributed by atoms with Gasteiger partial charge >= 0.3 is 0 Å². The number of nitrogens with zero attached hydrogens (tertiary/aromatic N) is 2. The van der Waals surface area contributed by atoms with E-state index in [0.717, 1.165) is 5.56 Å². The van der Waals surface area contributed by atoms with Crippen molar-refractivity contribution in [3.63, 3.8) is 0 Å². The van der Waals surface area contributed by atoms with Crippen LogP contribution in [0.5, 0.6) is 5.75 Å². The van der Waals surface area contributed by atoms with Gasteiger partial charge in [0.15, 0.2) is 0 Å². The third-order valence-electron chi connectivity index (χ3n) is 4.72. The number of rotatable bonds is 10. The molecule has 2 atom stereocenters. The highest BCUT2D eigenvalue weighted by Gasteiger charge is 2.22. The molecule has 2 N–H and O–H groups in total. The number of hydrogen-bond donors (Lipinski definition) is 1. The summed E-state index contributed by atoms with van der Waals surface area (Å²) in [5.41, 5.74) is 6.63. The predicted molar refractivity (Wildman–Crippen MR) is 117 cm³/mol. The Bertz CT molecular complexity index is 979. The lowest BCUT2D eigenvalue weighted by Crippen LogP contribution is -2.26. The predicted octanol–water partition coefficient (Wildman–Crippen LogP) is 4.90. The Morgan fingerprint density at radius 2 is 1.93 bits per heavy atom. The van der Waals surface area contributed by atoms with Crippen molar-refractivity contribution in [1.29, 1.82) is 0 Å². The lowest BCUT2D eigenvalue weighted by molar-refractivity contribution is 0.0113. The second kappa shape index (κ2) is 10.5. The maximum absolute atomic E-state index is 11.4. The van der Waals surface area contributed by atoms with E-state index < -0.39 is 5.91 Å². The zero-order valence-corrected chi connectivity index (χ0v) is 18.0. The molecule has 3 aromatic rings. The Hall–Kier alpha value is -2.54. The smallest absolute Gasteiger partial charge is 0.268 e. The van der Waals surface area contributed by atoms with Crippen LogP contribution in [0.1, 0.15) is 35.4 Å². The van der Waals surface area contributed by atoms with Crippen LogP contribution in [0.3, 0.4) is 0 Å². The number of aromatic nitrogens is 2. The molecule has 8 heteroatoms. The number of benzene rings is 2. The average Bonchev–Trinajstić information content (AvgIpc) is 3.23. The summed E-state index contributed by atoms with van der Waals surface area (Å²) in [4.78, 5) is 15.5. The number of halogens is 2. The highest BCUT2D eigenvalue weighted by Crippen LogP contribution is 2.32. The first-order valence-corrected chi connectivity index (χ1v) is 10.3. The number of carbonyl (C=O) groups excluding carboxylic acids is 1. The second-order valence-corrected chi connectivity index (χ2v) is 7.61. The van der Waals surface area contributed by atoms with Crippen LogP contribution in [0, 0.1) is 0 Å². The molecule has 2 unspecified atom stereocenters. The molecule has 0 spiro atoms.